The minimum absolute atomic E-state index is 0.0293. The van der Waals surface area contributed by atoms with Crippen molar-refractivity contribution in [1.29, 1.82) is 0 Å². The lowest BCUT2D eigenvalue weighted by Gasteiger charge is -2.26. The molecule has 5 rings (SSSR count). The van der Waals surface area contributed by atoms with E-state index < -0.39 is 5.91 Å². The fourth-order valence-electron chi connectivity index (χ4n) is 3.79. The Labute approximate surface area is 177 Å². The number of pyridine rings is 2. The molecule has 4 heterocycles. The highest BCUT2D eigenvalue weighted by Crippen LogP contribution is 2.35. The summed E-state index contributed by atoms with van der Waals surface area (Å²) in [4.78, 5) is 23.4. The summed E-state index contributed by atoms with van der Waals surface area (Å²) >= 11 is 0. The average Bonchev–Trinajstić information content (AvgIpc) is 3.44. The average molecular weight is 419 g/mol. The van der Waals surface area contributed by atoms with Crippen LogP contribution in [0.2, 0.25) is 0 Å². The first kappa shape index (κ1) is 19.3. The third-order valence-electron chi connectivity index (χ3n) is 5.46. The van der Waals surface area contributed by atoms with Gasteiger partial charge in [-0.25, -0.2) is 4.98 Å². The van der Waals surface area contributed by atoms with E-state index in [-0.39, 0.29) is 17.9 Å². The number of aromatic nitrogens is 4. The molecule has 0 bridgehead atoms. The van der Waals surface area contributed by atoms with Gasteiger partial charge in [-0.15, -0.1) is 0 Å². The van der Waals surface area contributed by atoms with E-state index in [1.807, 2.05) is 18.3 Å². The highest BCUT2D eigenvalue weighted by molar-refractivity contribution is 5.91. The number of nitrogens with two attached hydrogens (primary N) is 1. The number of carbonyl (C=O) groups excluding carboxylic acids is 1. The van der Waals surface area contributed by atoms with Gasteiger partial charge in [0, 0.05) is 17.6 Å². The number of nitrogens with one attached hydrogen (secondary N) is 1. The lowest BCUT2D eigenvalue weighted by atomic mass is 9.95. The summed E-state index contributed by atoms with van der Waals surface area (Å²) in [6.45, 7) is 0. The van der Waals surface area contributed by atoms with Gasteiger partial charge in [0.05, 0.1) is 17.4 Å². The third-order valence-corrected chi connectivity index (χ3v) is 5.46. The topological polar surface area (TPSA) is 140 Å². The number of carbonyl (C=O) groups is 1. The number of hydrogen-bond acceptors (Lipinski definition) is 7. The van der Waals surface area contributed by atoms with E-state index in [0.717, 1.165) is 18.2 Å². The lowest BCUT2D eigenvalue weighted by Crippen LogP contribution is -2.27. The van der Waals surface area contributed by atoms with Crippen LogP contribution in [-0.4, -0.2) is 43.3 Å². The van der Waals surface area contributed by atoms with Crippen LogP contribution in [0.15, 0.2) is 47.1 Å². The molecule has 0 atom stereocenters. The van der Waals surface area contributed by atoms with E-state index in [1.54, 1.807) is 24.3 Å². The first-order valence-electron chi connectivity index (χ1n) is 10.1. The number of amides is 1. The second-order valence-corrected chi connectivity index (χ2v) is 7.65. The number of rotatable bonds is 5. The van der Waals surface area contributed by atoms with Crippen LogP contribution < -0.4 is 10.5 Å². The van der Waals surface area contributed by atoms with Crippen molar-refractivity contribution in [3.05, 3.63) is 48.3 Å². The Morgan fingerprint density at radius 1 is 1.13 bits per heavy atom. The fraction of sp³-hybridized carbons (Fsp3) is 0.273. The van der Waals surface area contributed by atoms with Gasteiger partial charge < -0.3 is 25.1 Å². The van der Waals surface area contributed by atoms with Crippen LogP contribution in [0.1, 0.15) is 36.2 Å². The van der Waals surface area contributed by atoms with Crippen LogP contribution in [0.25, 0.3) is 33.7 Å². The van der Waals surface area contributed by atoms with Gasteiger partial charge in [0.15, 0.2) is 5.76 Å². The highest BCUT2D eigenvalue weighted by atomic mass is 16.5. The van der Waals surface area contributed by atoms with Crippen molar-refractivity contribution in [3.8, 4) is 28.6 Å². The number of primary amides is 1. The van der Waals surface area contributed by atoms with Gasteiger partial charge in [-0.3, -0.25) is 4.79 Å². The molecule has 9 nitrogen and oxygen atoms in total. The predicted molar refractivity (Wildman–Crippen MR) is 112 cm³/mol. The minimum Gasteiger partial charge on any atom is -0.474 e. The Hall–Kier alpha value is -3.72. The lowest BCUT2D eigenvalue weighted by molar-refractivity contribution is 0.0647. The largest absolute Gasteiger partial charge is 0.474 e. The second kappa shape index (κ2) is 7.84. The summed E-state index contributed by atoms with van der Waals surface area (Å²) < 4.78 is 11.8. The summed E-state index contributed by atoms with van der Waals surface area (Å²) in [6.07, 6.45) is 4.45. The standard InChI is InChI=1S/C22H21N5O4/c23-20(29)17-3-1-2-16(25-17)18-11-19(31-27-18)15-10-12-8-9-24-21(12)26-22(15)30-14-6-4-13(28)5-7-14/h1-3,8-11,13-14,28H,4-7H2,(H2,23,29)(H,24,26). The Morgan fingerprint density at radius 2 is 1.97 bits per heavy atom. The smallest absolute Gasteiger partial charge is 0.267 e. The predicted octanol–water partition coefficient (Wildman–Crippen LogP) is 3.06. The van der Waals surface area contributed by atoms with E-state index in [1.165, 1.54) is 0 Å². The molecule has 158 valence electrons. The molecule has 0 unspecified atom stereocenters. The molecular formula is C22H21N5O4. The van der Waals surface area contributed by atoms with E-state index >= 15 is 0 Å². The fourth-order valence-corrected chi connectivity index (χ4v) is 3.79. The normalized spacial score (nSPS) is 18.9. The Kier molecular flexibility index (Phi) is 4.87. The summed E-state index contributed by atoms with van der Waals surface area (Å²) in [7, 11) is 0. The molecule has 1 amide bonds. The summed E-state index contributed by atoms with van der Waals surface area (Å²) in [6, 6.07) is 10.6. The van der Waals surface area contributed by atoms with Gasteiger partial charge in [-0.2, -0.15) is 4.98 Å². The molecule has 0 spiro atoms. The zero-order chi connectivity index (χ0) is 21.4. The number of nitrogens with zero attached hydrogens (tertiary/aromatic N) is 3. The van der Waals surface area contributed by atoms with Gasteiger partial charge in [0.1, 0.15) is 23.1 Å². The molecule has 4 aromatic heterocycles. The van der Waals surface area contributed by atoms with Crippen molar-refractivity contribution in [3.63, 3.8) is 0 Å². The van der Waals surface area contributed by atoms with Gasteiger partial charge in [0.2, 0.25) is 5.88 Å². The summed E-state index contributed by atoms with van der Waals surface area (Å²) in [5.74, 6) is 0.307. The van der Waals surface area contributed by atoms with Gasteiger partial charge in [-0.05, 0) is 49.9 Å². The van der Waals surface area contributed by atoms with Crippen molar-refractivity contribution >= 4 is 16.9 Å². The van der Waals surface area contributed by atoms with Gasteiger partial charge in [0.25, 0.3) is 5.91 Å². The molecule has 1 saturated carbocycles. The van der Waals surface area contributed by atoms with Crippen molar-refractivity contribution in [1.82, 2.24) is 20.1 Å². The molecular weight excluding hydrogens is 398 g/mol. The number of aliphatic hydroxyl groups is 1. The molecule has 1 fully saturated rings. The summed E-state index contributed by atoms with van der Waals surface area (Å²) in [5, 5.41) is 14.8. The van der Waals surface area contributed by atoms with Crippen molar-refractivity contribution in [2.45, 2.75) is 37.9 Å². The Balaban J connectivity index is 1.51. The second-order valence-electron chi connectivity index (χ2n) is 7.65. The zero-order valence-electron chi connectivity index (χ0n) is 16.6. The van der Waals surface area contributed by atoms with E-state index in [0.29, 0.717) is 47.1 Å². The van der Waals surface area contributed by atoms with E-state index in [2.05, 4.69) is 20.1 Å². The number of H-pyrrole nitrogens is 1. The molecule has 1 aliphatic carbocycles. The van der Waals surface area contributed by atoms with Crippen LogP contribution in [0.5, 0.6) is 5.88 Å². The molecule has 4 aromatic rings. The number of ether oxygens (including phenoxy) is 1. The van der Waals surface area contributed by atoms with Crippen LogP contribution >= 0.6 is 0 Å². The molecule has 31 heavy (non-hydrogen) atoms. The van der Waals surface area contributed by atoms with Crippen molar-refractivity contribution in [2.75, 3.05) is 0 Å². The molecule has 4 N–H and O–H groups in total. The maximum atomic E-state index is 11.4. The quantitative estimate of drug-likeness (QED) is 0.451. The number of aliphatic hydroxyl groups excluding tert-OH is 1. The summed E-state index contributed by atoms with van der Waals surface area (Å²) in [5.41, 5.74) is 7.81. The molecule has 0 saturated heterocycles. The zero-order valence-corrected chi connectivity index (χ0v) is 16.6. The van der Waals surface area contributed by atoms with Crippen LogP contribution in [0.3, 0.4) is 0 Å². The third kappa shape index (κ3) is 3.87. The molecule has 0 radical (unpaired) electrons. The first-order valence-corrected chi connectivity index (χ1v) is 10.1. The molecule has 0 aromatic carbocycles. The van der Waals surface area contributed by atoms with E-state index in [9.17, 15) is 9.90 Å². The van der Waals surface area contributed by atoms with Crippen LogP contribution in [-0.2, 0) is 0 Å². The van der Waals surface area contributed by atoms with Crippen molar-refractivity contribution < 1.29 is 19.2 Å². The highest BCUT2D eigenvalue weighted by Gasteiger charge is 2.24. The van der Waals surface area contributed by atoms with E-state index in [4.69, 9.17) is 15.0 Å². The SMILES string of the molecule is NC(=O)c1cccc(-c2cc(-c3cc4cc[nH]c4nc3OC3CCC(O)CC3)on2)n1. The minimum atomic E-state index is -0.610. The van der Waals surface area contributed by atoms with Crippen LogP contribution in [0.4, 0.5) is 0 Å². The van der Waals surface area contributed by atoms with Crippen molar-refractivity contribution in [2.24, 2.45) is 5.73 Å². The Bertz CT molecular complexity index is 1240. The molecule has 0 aliphatic heterocycles. The maximum absolute atomic E-state index is 11.4. The van der Waals surface area contributed by atoms with Crippen LogP contribution in [0, 0.1) is 0 Å². The Morgan fingerprint density at radius 3 is 2.77 bits per heavy atom. The van der Waals surface area contributed by atoms with Gasteiger partial charge in [-0.1, -0.05) is 11.2 Å². The number of hydrogen-bond donors (Lipinski definition) is 3. The monoisotopic (exact) mass is 419 g/mol. The molecule has 9 heteroatoms. The van der Waals surface area contributed by atoms with Gasteiger partial charge >= 0.3 is 0 Å². The number of fused-ring (bicyclic) bond motifs is 1. The first-order chi connectivity index (χ1) is 15.1. The molecule has 1 aliphatic rings. The number of aromatic amines is 1. The maximum Gasteiger partial charge on any atom is 0.267 e.